The summed E-state index contributed by atoms with van der Waals surface area (Å²) in [6.45, 7) is 11.7. The molecule has 1 rings (SSSR count). The molecule has 0 radical (unpaired) electrons. The molecular weight excluding hydrogens is 198 g/mol. The van der Waals surface area contributed by atoms with Gasteiger partial charge in [-0.1, -0.05) is 52.0 Å². The Hall–Kier alpha value is -0.343. The fourth-order valence-electron chi connectivity index (χ4n) is 2.12. The number of hydrogen-bond donors (Lipinski definition) is 1. The maximum Gasteiger partial charge on any atom is 0.0446 e. The van der Waals surface area contributed by atoms with Crippen LogP contribution in [0.5, 0.6) is 0 Å². The largest absolute Gasteiger partial charge is 0.301 e. The van der Waals surface area contributed by atoms with Crippen molar-refractivity contribution in [3.63, 3.8) is 0 Å². The highest BCUT2D eigenvalue weighted by molar-refractivity contribution is 6.12. The minimum Gasteiger partial charge on any atom is -0.301 e. The van der Waals surface area contributed by atoms with E-state index in [-0.39, 0.29) is 5.54 Å². The van der Waals surface area contributed by atoms with Crippen LogP contribution in [0.15, 0.2) is 24.3 Å². The molecule has 1 aliphatic carbocycles. The SMILES string of the molecule is CC([SiH3])C(C)(NC1C=CC=C1)C(C)(C)C. The fraction of sp³-hybridized carbons (Fsp3) is 0.692. The molecule has 0 aromatic rings. The van der Waals surface area contributed by atoms with Crippen LogP contribution < -0.4 is 5.32 Å². The van der Waals surface area contributed by atoms with Gasteiger partial charge in [-0.3, -0.25) is 0 Å². The average Bonchev–Trinajstić information content (AvgIpc) is 2.54. The molecule has 0 aliphatic heterocycles. The smallest absolute Gasteiger partial charge is 0.0446 e. The lowest BCUT2D eigenvalue weighted by Gasteiger charge is -2.47. The maximum absolute atomic E-state index is 3.79. The Bertz CT molecular complexity index is 261. The zero-order valence-corrected chi connectivity index (χ0v) is 13.0. The van der Waals surface area contributed by atoms with Crippen LogP contribution in [-0.4, -0.2) is 21.8 Å². The molecule has 0 spiro atoms. The molecule has 1 nitrogen and oxygen atoms in total. The van der Waals surface area contributed by atoms with Crippen LogP contribution in [0.3, 0.4) is 0 Å². The summed E-state index contributed by atoms with van der Waals surface area (Å²) >= 11 is 0. The minimum atomic E-state index is 0.211. The summed E-state index contributed by atoms with van der Waals surface area (Å²) in [5.74, 6) is 0. The standard InChI is InChI=1S/C13H25NSi/c1-10(15)13(5,12(2,3)4)14-11-8-6-7-9-11/h6-11,14H,1-5,15H3. The van der Waals surface area contributed by atoms with Crippen LogP contribution in [0.4, 0.5) is 0 Å². The summed E-state index contributed by atoms with van der Waals surface area (Å²) in [6, 6.07) is 0.422. The Morgan fingerprint density at radius 1 is 1.13 bits per heavy atom. The van der Waals surface area contributed by atoms with Crippen molar-refractivity contribution in [2.75, 3.05) is 0 Å². The molecular formula is C13H25NSi. The Morgan fingerprint density at radius 3 is 1.93 bits per heavy atom. The van der Waals surface area contributed by atoms with Gasteiger partial charge in [0.15, 0.2) is 0 Å². The van der Waals surface area contributed by atoms with E-state index >= 15 is 0 Å². The van der Waals surface area contributed by atoms with E-state index in [1.165, 1.54) is 10.2 Å². The number of nitrogens with one attached hydrogen (secondary N) is 1. The second-order valence-corrected chi connectivity index (χ2v) is 7.78. The van der Waals surface area contributed by atoms with E-state index in [1.807, 2.05) is 0 Å². The Kier molecular flexibility index (Phi) is 3.62. The van der Waals surface area contributed by atoms with E-state index in [2.05, 4.69) is 64.2 Å². The highest BCUT2D eigenvalue weighted by Gasteiger charge is 2.40. The minimum absolute atomic E-state index is 0.211. The second-order valence-electron chi connectivity index (χ2n) is 6.05. The van der Waals surface area contributed by atoms with Gasteiger partial charge in [0.1, 0.15) is 0 Å². The molecule has 2 unspecified atom stereocenters. The summed E-state index contributed by atoms with van der Waals surface area (Å²) in [7, 11) is 1.23. The fourth-order valence-corrected chi connectivity index (χ4v) is 3.16. The lowest BCUT2D eigenvalue weighted by molar-refractivity contribution is 0.148. The van der Waals surface area contributed by atoms with Crippen molar-refractivity contribution in [3.8, 4) is 0 Å². The molecule has 0 aromatic heterocycles. The van der Waals surface area contributed by atoms with E-state index < -0.39 is 0 Å². The predicted octanol–water partition coefficient (Wildman–Crippen LogP) is 2.05. The zero-order chi connectivity index (χ0) is 11.7. The van der Waals surface area contributed by atoms with Crippen molar-refractivity contribution >= 4 is 10.2 Å². The molecule has 86 valence electrons. The number of hydrogen-bond acceptors (Lipinski definition) is 1. The first-order valence-electron chi connectivity index (χ1n) is 5.90. The molecule has 2 atom stereocenters. The second kappa shape index (κ2) is 4.26. The third kappa shape index (κ3) is 2.61. The van der Waals surface area contributed by atoms with Crippen LogP contribution >= 0.6 is 0 Å². The van der Waals surface area contributed by atoms with E-state index in [1.54, 1.807) is 0 Å². The van der Waals surface area contributed by atoms with Gasteiger partial charge in [0.05, 0.1) is 0 Å². The first kappa shape index (κ1) is 12.7. The van der Waals surface area contributed by atoms with Crippen LogP contribution in [-0.2, 0) is 0 Å². The topological polar surface area (TPSA) is 12.0 Å². The highest BCUT2D eigenvalue weighted by atomic mass is 28.1. The molecule has 2 heteroatoms. The summed E-state index contributed by atoms with van der Waals surface area (Å²) in [4.78, 5) is 0. The van der Waals surface area contributed by atoms with Crippen molar-refractivity contribution in [1.82, 2.24) is 5.32 Å². The van der Waals surface area contributed by atoms with Crippen LogP contribution in [0.2, 0.25) is 5.54 Å². The van der Waals surface area contributed by atoms with Crippen molar-refractivity contribution in [1.29, 1.82) is 0 Å². The quantitative estimate of drug-likeness (QED) is 0.722. The van der Waals surface area contributed by atoms with E-state index in [4.69, 9.17) is 0 Å². The Labute approximate surface area is 97.5 Å². The van der Waals surface area contributed by atoms with Gasteiger partial charge in [0, 0.05) is 21.8 Å². The van der Waals surface area contributed by atoms with Gasteiger partial charge in [-0.15, -0.1) is 0 Å². The highest BCUT2D eigenvalue weighted by Crippen LogP contribution is 2.38. The van der Waals surface area contributed by atoms with Gasteiger partial charge < -0.3 is 5.32 Å². The van der Waals surface area contributed by atoms with Gasteiger partial charge in [0.25, 0.3) is 0 Å². The normalized spacial score (nSPS) is 23.3. The zero-order valence-electron chi connectivity index (χ0n) is 11.0. The van der Waals surface area contributed by atoms with Crippen LogP contribution in [0.25, 0.3) is 0 Å². The van der Waals surface area contributed by atoms with Gasteiger partial charge in [-0.05, 0) is 17.9 Å². The molecule has 0 bridgehead atoms. The third-order valence-corrected chi connectivity index (χ3v) is 5.08. The number of allylic oxidation sites excluding steroid dienone is 2. The van der Waals surface area contributed by atoms with Crippen molar-refractivity contribution in [2.45, 2.75) is 51.7 Å². The summed E-state index contributed by atoms with van der Waals surface area (Å²) in [5, 5.41) is 3.79. The predicted molar refractivity (Wildman–Crippen MR) is 72.4 cm³/mol. The average molecular weight is 223 g/mol. The lowest BCUT2D eigenvalue weighted by atomic mass is 9.72. The molecule has 0 amide bonds. The third-order valence-electron chi connectivity index (χ3n) is 3.93. The van der Waals surface area contributed by atoms with Crippen LogP contribution in [0.1, 0.15) is 34.6 Å². The monoisotopic (exact) mass is 223 g/mol. The maximum atomic E-state index is 3.79. The molecule has 1 aliphatic rings. The Morgan fingerprint density at radius 2 is 1.60 bits per heavy atom. The first-order chi connectivity index (χ1) is 6.77. The molecule has 0 saturated heterocycles. The van der Waals surface area contributed by atoms with Crippen molar-refractivity contribution < 1.29 is 0 Å². The molecule has 0 heterocycles. The molecule has 0 fully saturated rings. The van der Waals surface area contributed by atoms with Gasteiger partial charge in [-0.2, -0.15) is 0 Å². The molecule has 1 N–H and O–H groups in total. The Balaban J connectivity index is 2.82. The summed E-state index contributed by atoms with van der Waals surface area (Å²) in [5.41, 5.74) is 1.25. The first-order valence-corrected chi connectivity index (χ1v) is 7.05. The van der Waals surface area contributed by atoms with E-state index in [0.717, 1.165) is 5.54 Å². The summed E-state index contributed by atoms with van der Waals surface area (Å²) in [6.07, 6.45) is 8.71. The van der Waals surface area contributed by atoms with Crippen LogP contribution in [0, 0.1) is 5.41 Å². The van der Waals surface area contributed by atoms with Gasteiger partial charge in [0.2, 0.25) is 0 Å². The lowest BCUT2D eigenvalue weighted by Crippen LogP contribution is -2.57. The van der Waals surface area contributed by atoms with E-state index in [0.29, 0.717) is 11.5 Å². The van der Waals surface area contributed by atoms with E-state index in [9.17, 15) is 0 Å². The van der Waals surface area contributed by atoms with Crippen molar-refractivity contribution in [2.24, 2.45) is 5.41 Å². The number of rotatable bonds is 3. The molecule has 0 aromatic carbocycles. The summed E-state index contributed by atoms with van der Waals surface area (Å²) < 4.78 is 0. The molecule has 0 saturated carbocycles. The van der Waals surface area contributed by atoms with Gasteiger partial charge in [-0.25, -0.2) is 0 Å². The molecule has 15 heavy (non-hydrogen) atoms. The van der Waals surface area contributed by atoms with Crippen molar-refractivity contribution in [3.05, 3.63) is 24.3 Å². The van der Waals surface area contributed by atoms with Gasteiger partial charge >= 0.3 is 0 Å².